The van der Waals surface area contributed by atoms with E-state index in [0.717, 1.165) is 23.2 Å². The number of nitrogens with zero attached hydrogens (tertiary/aromatic N) is 2. The summed E-state index contributed by atoms with van der Waals surface area (Å²) in [5.41, 5.74) is 3.19. The van der Waals surface area contributed by atoms with Gasteiger partial charge in [-0.3, -0.25) is 4.79 Å². The Bertz CT molecular complexity index is 551. The number of benzene rings is 1. The molecule has 0 aliphatic carbocycles. The third-order valence-electron chi connectivity index (χ3n) is 3.96. The van der Waals surface area contributed by atoms with Gasteiger partial charge in [0.05, 0.1) is 0 Å². The standard InChI is InChI=1S/C17H25N3O2/c1-5-6-18-17(22)19-7-8-20(16(21)14(19)4)15-10-12(2)9-13(3)11-15/h9-11,14H,5-8H2,1-4H3,(H,18,22). The lowest BCUT2D eigenvalue weighted by molar-refractivity contribution is -0.124. The molecule has 1 saturated heterocycles. The lowest BCUT2D eigenvalue weighted by Gasteiger charge is -2.39. The molecule has 22 heavy (non-hydrogen) atoms. The Hall–Kier alpha value is -2.04. The molecule has 120 valence electrons. The van der Waals surface area contributed by atoms with E-state index in [0.29, 0.717) is 19.6 Å². The molecule has 1 aromatic rings. The van der Waals surface area contributed by atoms with Crippen LogP contribution in [0.5, 0.6) is 0 Å². The zero-order valence-corrected chi connectivity index (χ0v) is 13.8. The van der Waals surface area contributed by atoms with Gasteiger partial charge < -0.3 is 15.1 Å². The molecule has 1 N–H and O–H groups in total. The van der Waals surface area contributed by atoms with Crippen LogP contribution in [0, 0.1) is 13.8 Å². The third-order valence-corrected chi connectivity index (χ3v) is 3.96. The second-order valence-electron chi connectivity index (χ2n) is 5.94. The fourth-order valence-electron chi connectivity index (χ4n) is 2.84. The molecule has 1 aromatic carbocycles. The SMILES string of the molecule is CCCNC(=O)N1CCN(c2cc(C)cc(C)c2)C(=O)C1C. The Morgan fingerprint density at radius 1 is 1.23 bits per heavy atom. The molecule has 0 saturated carbocycles. The van der Waals surface area contributed by atoms with Crippen LogP contribution in [-0.4, -0.2) is 42.5 Å². The first kappa shape index (κ1) is 16.3. The zero-order chi connectivity index (χ0) is 16.3. The van der Waals surface area contributed by atoms with Gasteiger partial charge in [0.15, 0.2) is 0 Å². The quantitative estimate of drug-likeness (QED) is 0.932. The molecule has 0 spiro atoms. The van der Waals surface area contributed by atoms with Gasteiger partial charge >= 0.3 is 6.03 Å². The minimum Gasteiger partial charge on any atom is -0.338 e. The molecule has 1 unspecified atom stereocenters. The Balaban J connectivity index is 2.13. The van der Waals surface area contributed by atoms with Crippen LogP contribution < -0.4 is 10.2 Å². The number of piperazine rings is 1. The van der Waals surface area contributed by atoms with Crippen molar-refractivity contribution in [2.45, 2.75) is 40.2 Å². The van der Waals surface area contributed by atoms with Gasteiger partial charge in [0.1, 0.15) is 6.04 Å². The highest BCUT2D eigenvalue weighted by atomic mass is 16.2. The van der Waals surface area contributed by atoms with Crippen molar-refractivity contribution in [3.8, 4) is 0 Å². The summed E-state index contributed by atoms with van der Waals surface area (Å²) < 4.78 is 0. The van der Waals surface area contributed by atoms with E-state index in [2.05, 4.69) is 11.4 Å². The minimum atomic E-state index is -0.438. The average Bonchev–Trinajstić information content (AvgIpc) is 2.46. The van der Waals surface area contributed by atoms with E-state index in [9.17, 15) is 9.59 Å². The molecule has 1 atom stereocenters. The van der Waals surface area contributed by atoms with Crippen molar-refractivity contribution in [2.75, 3.05) is 24.5 Å². The van der Waals surface area contributed by atoms with Gasteiger partial charge in [-0.1, -0.05) is 13.0 Å². The summed E-state index contributed by atoms with van der Waals surface area (Å²) in [6.07, 6.45) is 0.886. The maximum Gasteiger partial charge on any atom is 0.318 e. The van der Waals surface area contributed by atoms with Crippen molar-refractivity contribution < 1.29 is 9.59 Å². The normalized spacial score (nSPS) is 18.5. The van der Waals surface area contributed by atoms with Crippen molar-refractivity contribution in [3.63, 3.8) is 0 Å². The van der Waals surface area contributed by atoms with Crippen LogP contribution >= 0.6 is 0 Å². The molecule has 0 bridgehead atoms. The van der Waals surface area contributed by atoms with Gasteiger partial charge in [-0.15, -0.1) is 0 Å². The predicted octanol–water partition coefficient (Wildman–Crippen LogP) is 2.46. The maximum absolute atomic E-state index is 12.6. The van der Waals surface area contributed by atoms with Gasteiger partial charge in [-0.25, -0.2) is 4.79 Å². The van der Waals surface area contributed by atoms with Gasteiger partial charge in [-0.05, 0) is 50.5 Å². The number of nitrogens with one attached hydrogen (secondary N) is 1. The van der Waals surface area contributed by atoms with Crippen molar-refractivity contribution in [2.24, 2.45) is 0 Å². The van der Waals surface area contributed by atoms with Crippen LogP contribution in [0.2, 0.25) is 0 Å². The summed E-state index contributed by atoms with van der Waals surface area (Å²) >= 11 is 0. The Labute approximate surface area is 132 Å². The van der Waals surface area contributed by atoms with Crippen LogP contribution in [0.1, 0.15) is 31.4 Å². The number of hydrogen-bond donors (Lipinski definition) is 1. The Morgan fingerprint density at radius 2 is 1.86 bits per heavy atom. The Kier molecular flexibility index (Phi) is 5.06. The monoisotopic (exact) mass is 303 g/mol. The average molecular weight is 303 g/mol. The molecule has 1 fully saturated rings. The molecule has 0 radical (unpaired) electrons. The van der Waals surface area contributed by atoms with Gasteiger partial charge in [0, 0.05) is 25.3 Å². The lowest BCUT2D eigenvalue weighted by Crippen LogP contribution is -2.59. The first-order valence-electron chi connectivity index (χ1n) is 7.88. The smallest absolute Gasteiger partial charge is 0.318 e. The first-order valence-corrected chi connectivity index (χ1v) is 7.88. The minimum absolute atomic E-state index is 0.0251. The molecule has 1 heterocycles. The molecule has 5 nitrogen and oxygen atoms in total. The van der Waals surface area contributed by atoms with Crippen LogP contribution in [0.3, 0.4) is 0 Å². The summed E-state index contributed by atoms with van der Waals surface area (Å²) in [4.78, 5) is 28.2. The van der Waals surface area contributed by atoms with Crippen LogP contribution in [0.15, 0.2) is 18.2 Å². The molecule has 1 aliphatic heterocycles. The second-order valence-corrected chi connectivity index (χ2v) is 5.94. The van der Waals surface area contributed by atoms with E-state index in [1.165, 1.54) is 0 Å². The first-order chi connectivity index (χ1) is 10.4. The molecule has 1 aliphatic rings. The molecule has 5 heteroatoms. The summed E-state index contributed by atoms with van der Waals surface area (Å²) in [7, 11) is 0. The largest absolute Gasteiger partial charge is 0.338 e. The number of carbonyl (C=O) groups is 2. The molecular weight excluding hydrogens is 278 g/mol. The van der Waals surface area contributed by atoms with Gasteiger partial charge in [0.2, 0.25) is 5.91 Å². The molecule has 0 aromatic heterocycles. The van der Waals surface area contributed by atoms with E-state index in [1.807, 2.05) is 32.9 Å². The number of aryl methyl sites for hydroxylation is 2. The Morgan fingerprint density at radius 3 is 2.45 bits per heavy atom. The van der Waals surface area contributed by atoms with Crippen molar-refractivity contribution in [1.82, 2.24) is 10.2 Å². The zero-order valence-electron chi connectivity index (χ0n) is 13.8. The highest BCUT2D eigenvalue weighted by Gasteiger charge is 2.34. The van der Waals surface area contributed by atoms with Crippen molar-refractivity contribution in [1.29, 1.82) is 0 Å². The summed E-state index contributed by atoms with van der Waals surface area (Å²) in [6, 6.07) is 5.54. The summed E-state index contributed by atoms with van der Waals surface area (Å²) in [5, 5.41) is 2.84. The van der Waals surface area contributed by atoms with E-state index < -0.39 is 6.04 Å². The number of carbonyl (C=O) groups excluding carboxylic acids is 2. The predicted molar refractivity (Wildman–Crippen MR) is 88.1 cm³/mol. The highest BCUT2D eigenvalue weighted by Crippen LogP contribution is 2.23. The summed E-state index contributed by atoms with van der Waals surface area (Å²) in [6.45, 7) is 9.57. The van der Waals surface area contributed by atoms with Crippen molar-refractivity contribution >= 4 is 17.6 Å². The van der Waals surface area contributed by atoms with E-state index in [4.69, 9.17) is 0 Å². The van der Waals surface area contributed by atoms with E-state index >= 15 is 0 Å². The second kappa shape index (κ2) is 6.81. The molecule has 2 rings (SSSR count). The molecule has 3 amide bonds. The van der Waals surface area contributed by atoms with Gasteiger partial charge in [0.25, 0.3) is 0 Å². The van der Waals surface area contributed by atoms with Crippen LogP contribution in [0.4, 0.5) is 10.5 Å². The van der Waals surface area contributed by atoms with Crippen LogP contribution in [-0.2, 0) is 4.79 Å². The number of rotatable bonds is 3. The lowest BCUT2D eigenvalue weighted by atomic mass is 10.1. The van der Waals surface area contributed by atoms with Crippen LogP contribution in [0.25, 0.3) is 0 Å². The summed E-state index contributed by atoms with van der Waals surface area (Å²) in [5.74, 6) is -0.0251. The highest BCUT2D eigenvalue weighted by molar-refractivity contribution is 6.00. The fourth-order valence-corrected chi connectivity index (χ4v) is 2.84. The van der Waals surface area contributed by atoms with Gasteiger partial charge in [-0.2, -0.15) is 0 Å². The number of anilines is 1. The molecular formula is C17H25N3O2. The number of urea groups is 1. The topological polar surface area (TPSA) is 52.7 Å². The third kappa shape index (κ3) is 3.40. The number of hydrogen-bond acceptors (Lipinski definition) is 2. The maximum atomic E-state index is 12.6. The van der Waals surface area contributed by atoms with E-state index in [1.54, 1.807) is 16.7 Å². The fraction of sp³-hybridized carbons (Fsp3) is 0.529. The van der Waals surface area contributed by atoms with E-state index in [-0.39, 0.29) is 11.9 Å². The number of amides is 3. The van der Waals surface area contributed by atoms with Crippen molar-refractivity contribution in [3.05, 3.63) is 29.3 Å².